The number of hydrogen-bond acceptors (Lipinski definition) is 4. The second-order valence-corrected chi connectivity index (χ2v) is 8.03. The molecule has 142 valence electrons. The van der Waals surface area contributed by atoms with Gasteiger partial charge < -0.3 is 10.5 Å². The molecule has 1 aromatic heterocycles. The largest absolute Gasteiger partial charge is 0.448 e. The normalized spacial score (nSPS) is 12.4. The average molecular weight is 392 g/mol. The standard InChI is InChI=1S/C22H20N2O3S/c1-12-13(2)28-21(19(12)20(23)25)24-22(26)27-11-18-16-9-5-3-7-14(16)15-8-4-6-10-17(15)18/h3-10,18H,11H2,1-2H3,(H2,23,25)(H,24,26). The fourth-order valence-electron chi connectivity index (χ4n) is 3.74. The molecule has 5 nitrogen and oxygen atoms in total. The zero-order valence-corrected chi connectivity index (χ0v) is 16.4. The van der Waals surface area contributed by atoms with Gasteiger partial charge in [-0.1, -0.05) is 48.5 Å². The van der Waals surface area contributed by atoms with Gasteiger partial charge in [0, 0.05) is 10.8 Å². The highest BCUT2D eigenvalue weighted by atomic mass is 32.1. The van der Waals surface area contributed by atoms with Gasteiger partial charge in [0.05, 0.1) is 5.56 Å². The van der Waals surface area contributed by atoms with Crippen LogP contribution in [0.1, 0.15) is 37.8 Å². The molecule has 6 heteroatoms. The molecule has 0 aliphatic heterocycles. The van der Waals surface area contributed by atoms with Crippen LogP contribution < -0.4 is 11.1 Å². The molecule has 1 aliphatic rings. The maximum Gasteiger partial charge on any atom is 0.412 e. The highest BCUT2D eigenvalue weighted by molar-refractivity contribution is 7.16. The Hall–Kier alpha value is -3.12. The SMILES string of the molecule is Cc1sc(NC(=O)OCC2c3ccccc3-c3ccccc32)c(C(N)=O)c1C. The third-order valence-electron chi connectivity index (χ3n) is 5.19. The molecule has 3 aromatic rings. The van der Waals surface area contributed by atoms with Crippen molar-refractivity contribution in [3.8, 4) is 11.1 Å². The van der Waals surface area contributed by atoms with Crippen LogP contribution in [0, 0.1) is 13.8 Å². The minimum Gasteiger partial charge on any atom is -0.448 e. The summed E-state index contributed by atoms with van der Waals surface area (Å²) >= 11 is 1.32. The first-order chi connectivity index (χ1) is 13.5. The Morgan fingerprint density at radius 1 is 1.04 bits per heavy atom. The molecule has 0 saturated heterocycles. The molecule has 4 rings (SSSR count). The predicted molar refractivity (Wildman–Crippen MR) is 111 cm³/mol. The number of hydrogen-bond donors (Lipinski definition) is 2. The van der Waals surface area contributed by atoms with Crippen molar-refractivity contribution in [3.05, 3.63) is 75.7 Å². The lowest BCUT2D eigenvalue weighted by Crippen LogP contribution is -2.20. The van der Waals surface area contributed by atoms with E-state index in [0.717, 1.165) is 21.6 Å². The fraction of sp³-hybridized carbons (Fsp3) is 0.182. The summed E-state index contributed by atoms with van der Waals surface area (Å²) in [7, 11) is 0. The summed E-state index contributed by atoms with van der Waals surface area (Å²) in [6, 6.07) is 16.3. The number of rotatable bonds is 4. The smallest absolute Gasteiger partial charge is 0.412 e. The Balaban J connectivity index is 1.52. The molecule has 28 heavy (non-hydrogen) atoms. The zero-order valence-electron chi connectivity index (χ0n) is 15.6. The van der Waals surface area contributed by atoms with E-state index in [2.05, 4.69) is 29.6 Å². The topological polar surface area (TPSA) is 81.4 Å². The lowest BCUT2D eigenvalue weighted by atomic mass is 9.98. The third kappa shape index (κ3) is 3.05. The molecule has 0 bridgehead atoms. The Morgan fingerprint density at radius 2 is 1.61 bits per heavy atom. The minimum absolute atomic E-state index is 0.0134. The van der Waals surface area contributed by atoms with Crippen molar-refractivity contribution < 1.29 is 14.3 Å². The van der Waals surface area contributed by atoms with E-state index in [9.17, 15) is 9.59 Å². The zero-order chi connectivity index (χ0) is 19.8. The van der Waals surface area contributed by atoms with Gasteiger partial charge in [0.25, 0.3) is 5.91 Å². The first kappa shape index (κ1) is 18.3. The lowest BCUT2D eigenvalue weighted by molar-refractivity contribution is 0.100. The number of nitrogens with two attached hydrogens (primary N) is 1. The first-order valence-electron chi connectivity index (χ1n) is 8.99. The first-order valence-corrected chi connectivity index (χ1v) is 9.80. The van der Waals surface area contributed by atoms with E-state index in [1.807, 2.05) is 38.1 Å². The van der Waals surface area contributed by atoms with E-state index in [1.165, 1.54) is 22.5 Å². The average Bonchev–Trinajstić information content (AvgIpc) is 3.14. The van der Waals surface area contributed by atoms with Crippen molar-refractivity contribution in [2.24, 2.45) is 5.73 Å². The monoisotopic (exact) mass is 392 g/mol. The summed E-state index contributed by atoms with van der Waals surface area (Å²) in [5, 5.41) is 3.11. The van der Waals surface area contributed by atoms with Gasteiger partial charge >= 0.3 is 6.09 Å². The summed E-state index contributed by atoms with van der Waals surface area (Å²) < 4.78 is 5.53. The summed E-state index contributed by atoms with van der Waals surface area (Å²) in [6.45, 7) is 3.92. The Bertz CT molecular complexity index is 1040. The van der Waals surface area contributed by atoms with Crippen LogP contribution in [0.3, 0.4) is 0 Å². The van der Waals surface area contributed by atoms with E-state index in [0.29, 0.717) is 10.6 Å². The number of amides is 2. The molecule has 0 unspecified atom stereocenters. The number of primary amides is 1. The van der Waals surface area contributed by atoms with E-state index in [1.54, 1.807) is 0 Å². The number of nitrogens with one attached hydrogen (secondary N) is 1. The Labute approximate surface area is 167 Å². The molecule has 2 amide bonds. The summed E-state index contributed by atoms with van der Waals surface area (Å²) in [5.41, 5.74) is 11.2. The van der Waals surface area contributed by atoms with Gasteiger partial charge in [0.15, 0.2) is 0 Å². The molecule has 0 radical (unpaired) electrons. The van der Waals surface area contributed by atoms with Gasteiger partial charge in [-0.25, -0.2) is 4.79 Å². The molecule has 2 aromatic carbocycles. The number of carbonyl (C=O) groups excluding carboxylic acids is 2. The molecule has 3 N–H and O–H groups in total. The Kier molecular flexibility index (Phi) is 4.65. The van der Waals surface area contributed by atoms with Crippen molar-refractivity contribution in [3.63, 3.8) is 0 Å². The molecular formula is C22H20N2O3S. The van der Waals surface area contributed by atoms with Crippen LogP contribution in [0.25, 0.3) is 11.1 Å². The quantitative estimate of drug-likeness (QED) is 0.667. The van der Waals surface area contributed by atoms with Crippen LogP contribution in [-0.2, 0) is 4.74 Å². The number of ether oxygens (including phenoxy) is 1. The van der Waals surface area contributed by atoms with Crippen molar-refractivity contribution in [2.75, 3.05) is 11.9 Å². The molecule has 0 spiro atoms. The fourth-order valence-corrected chi connectivity index (χ4v) is 4.79. The minimum atomic E-state index is -0.592. The van der Waals surface area contributed by atoms with Crippen LogP contribution in [0.2, 0.25) is 0 Å². The summed E-state index contributed by atoms with van der Waals surface area (Å²) in [6.07, 6.45) is -0.592. The van der Waals surface area contributed by atoms with Crippen LogP contribution in [0.15, 0.2) is 48.5 Å². The number of carbonyl (C=O) groups is 2. The molecule has 0 fully saturated rings. The molecule has 0 saturated carbocycles. The van der Waals surface area contributed by atoms with Crippen molar-refractivity contribution in [1.82, 2.24) is 0 Å². The molecule has 0 atom stereocenters. The van der Waals surface area contributed by atoms with Crippen LogP contribution in [0.5, 0.6) is 0 Å². The van der Waals surface area contributed by atoms with E-state index in [4.69, 9.17) is 10.5 Å². The lowest BCUT2D eigenvalue weighted by Gasteiger charge is -2.14. The van der Waals surface area contributed by atoms with Crippen LogP contribution in [0.4, 0.5) is 9.80 Å². The van der Waals surface area contributed by atoms with Gasteiger partial charge in [0.2, 0.25) is 0 Å². The Morgan fingerprint density at radius 3 is 2.18 bits per heavy atom. The highest BCUT2D eigenvalue weighted by Crippen LogP contribution is 2.44. The van der Waals surface area contributed by atoms with Crippen LogP contribution >= 0.6 is 11.3 Å². The van der Waals surface area contributed by atoms with Gasteiger partial charge in [0.1, 0.15) is 11.6 Å². The number of fused-ring (bicyclic) bond motifs is 3. The summed E-state index contributed by atoms with van der Waals surface area (Å²) in [5.74, 6) is -0.573. The summed E-state index contributed by atoms with van der Waals surface area (Å²) in [4.78, 5) is 25.1. The van der Waals surface area contributed by atoms with E-state index < -0.39 is 12.0 Å². The number of aryl methyl sites for hydroxylation is 1. The molecule has 1 heterocycles. The van der Waals surface area contributed by atoms with Crippen molar-refractivity contribution in [1.29, 1.82) is 0 Å². The second kappa shape index (κ2) is 7.13. The predicted octanol–water partition coefficient (Wildman–Crippen LogP) is 4.82. The van der Waals surface area contributed by atoms with Crippen molar-refractivity contribution in [2.45, 2.75) is 19.8 Å². The van der Waals surface area contributed by atoms with Gasteiger partial charge in [-0.2, -0.15) is 0 Å². The van der Waals surface area contributed by atoms with Crippen molar-refractivity contribution >= 4 is 28.3 Å². The van der Waals surface area contributed by atoms with E-state index >= 15 is 0 Å². The number of anilines is 1. The maximum absolute atomic E-state index is 12.4. The van der Waals surface area contributed by atoms with Crippen LogP contribution in [-0.4, -0.2) is 18.6 Å². The highest BCUT2D eigenvalue weighted by Gasteiger charge is 2.29. The van der Waals surface area contributed by atoms with Gasteiger partial charge in [-0.15, -0.1) is 11.3 Å². The molecule has 1 aliphatic carbocycles. The van der Waals surface area contributed by atoms with Gasteiger partial charge in [-0.05, 0) is 41.7 Å². The third-order valence-corrected chi connectivity index (χ3v) is 6.31. The second-order valence-electron chi connectivity index (χ2n) is 6.80. The maximum atomic E-state index is 12.4. The molecular weight excluding hydrogens is 372 g/mol. The van der Waals surface area contributed by atoms with E-state index in [-0.39, 0.29) is 12.5 Å². The number of benzene rings is 2. The number of thiophene rings is 1. The van der Waals surface area contributed by atoms with Gasteiger partial charge in [-0.3, -0.25) is 10.1 Å².